The van der Waals surface area contributed by atoms with Gasteiger partial charge in [-0.1, -0.05) is 25.4 Å². The van der Waals surface area contributed by atoms with Crippen molar-refractivity contribution in [2.45, 2.75) is 44.0 Å². The number of rotatable bonds is 5. The third-order valence-corrected chi connectivity index (χ3v) is 4.83. The van der Waals surface area contributed by atoms with Gasteiger partial charge in [0.25, 0.3) is 5.91 Å². The lowest BCUT2D eigenvalue weighted by Crippen LogP contribution is -2.45. The Kier molecular flexibility index (Phi) is 5.35. The SMILES string of the molecule is CCC(C)(CC)NC(=O)c1cc(S(N)(=O)=O)cc(F)c1Cl. The largest absolute Gasteiger partial charge is 0.347 e. The molecule has 0 aromatic heterocycles. The average molecular weight is 337 g/mol. The number of nitrogens with two attached hydrogens (primary N) is 1. The molecule has 0 spiro atoms. The summed E-state index contributed by atoms with van der Waals surface area (Å²) in [5, 5.41) is 7.25. The molecule has 0 bridgehead atoms. The second-order valence-corrected chi connectivity index (χ2v) is 6.97. The van der Waals surface area contributed by atoms with E-state index < -0.39 is 37.2 Å². The lowest BCUT2D eigenvalue weighted by molar-refractivity contribution is 0.0900. The zero-order valence-corrected chi connectivity index (χ0v) is 13.6. The van der Waals surface area contributed by atoms with Crippen molar-refractivity contribution in [3.63, 3.8) is 0 Å². The first-order chi connectivity index (χ1) is 9.54. The van der Waals surface area contributed by atoms with Crippen molar-refractivity contribution in [2.24, 2.45) is 5.14 Å². The lowest BCUT2D eigenvalue weighted by Gasteiger charge is -2.28. The van der Waals surface area contributed by atoms with E-state index in [1.54, 1.807) is 0 Å². The quantitative estimate of drug-likeness (QED) is 0.865. The second kappa shape index (κ2) is 6.29. The highest BCUT2D eigenvalue weighted by Crippen LogP contribution is 2.25. The van der Waals surface area contributed by atoms with E-state index in [4.69, 9.17) is 16.7 Å². The molecule has 8 heteroatoms. The first kappa shape index (κ1) is 17.9. The summed E-state index contributed by atoms with van der Waals surface area (Å²) in [5.74, 6) is -1.65. The van der Waals surface area contributed by atoms with Gasteiger partial charge in [-0.15, -0.1) is 0 Å². The summed E-state index contributed by atoms with van der Waals surface area (Å²) in [5.41, 5.74) is -0.747. The second-order valence-electron chi connectivity index (χ2n) is 5.03. The molecule has 21 heavy (non-hydrogen) atoms. The van der Waals surface area contributed by atoms with Gasteiger partial charge in [-0.3, -0.25) is 4.79 Å². The van der Waals surface area contributed by atoms with Crippen molar-refractivity contribution in [1.82, 2.24) is 5.32 Å². The van der Waals surface area contributed by atoms with Crippen molar-refractivity contribution in [3.05, 3.63) is 28.5 Å². The van der Waals surface area contributed by atoms with Crippen LogP contribution in [0.25, 0.3) is 0 Å². The van der Waals surface area contributed by atoms with Gasteiger partial charge in [-0.2, -0.15) is 0 Å². The minimum atomic E-state index is -4.13. The Morgan fingerprint density at radius 1 is 1.38 bits per heavy atom. The van der Waals surface area contributed by atoms with Gasteiger partial charge in [0.15, 0.2) is 0 Å². The number of amides is 1. The van der Waals surface area contributed by atoms with Crippen LogP contribution in [-0.4, -0.2) is 19.9 Å². The number of nitrogens with one attached hydrogen (secondary N) is 1. The van der Waals surface area contributed by atoms with Crippen LogP contribution in [0.2, 0.25) is 5.02 Å². The van der Waals surface area contributed by atoms with Crippen LogP contribution in [0.15, 0.2) is 17.0 Å². The zero-order chi connectivity index (χ0) is 16.4. The maximum absolute atomic E-state index is 13.7. The van der Waals surface area contributed by atoms with Crippen molar-refractivity contribution in [2.75, 3.05) is 0 Å². The first-order valence-electron chi connectivity index (χ1n) is 6.38. The summed E-state index contributed by atoms with van der Waals surface area (Å²) >= 11 is 5.75. The fourth-order valence-corrected chi connectivity index (χ4v) is 2.41. The molecule has 1 aromatic carbocycles. The molecule has 0 unspecified atom stereocenters. The number of sulfonamides is 1. The standard InChI is InChI=1S/C13H18ClFN2O3S/c1-4-13(3,5-2)17-12(18)9-6-8(21(16,19)20)7-10(15)11(9)14/h6-7H,4-5H2,1-3H3,(H,17,18)(H2,16,19,20). The van der Waals surface area contributed by atoms with E-state index >= 15 is 0 Å². The minimum Gasteiger partial charge on any atom is -0.347 e. The molecule has 0 aliphatic heterocycles. The van der Waals surface area contributed by atoms with Crippen LogP contribution in [0.1, 0.15) is 44.0 Å². The van der Waals surface area contributed by atoms with Crippen molar-refractivity contribution >= 4 is 27.5 Å². The van der Waals surface area contributed by atoms with E-state index in [0.29, 0.717) is 18.9 Å². The maximum atomic E-state index is 13.7. The van der Waals surface area contributed by atoms with Crippen LogP contribution in [0.3, 0.4) is 0 Å². The Hall–Kier alpha value is -1.18. The van der Waals surface area contributed by atoms with E-state index in [0.717, 1.165) is 6.07 Å². The molecule has 0 saturated heterocycles. The Morgan fingerprint density at radius 3 is 2.33 bits per heavy atom. The minimum absolute atomic E-state index is 0.256. The zero-order valence-electron chi connectivity index (χ0n) is 12.0. The van der Waals surface area contributed by atoms with Gasteiger partial charge in [0.2, 0.25) is 10.0 Å². The van der Waals surface area contributed by atoms with E-state index in [2.05, 4.69) is 5.32 Å². The number of benzene rings is 1. The number of hydrogen-bond acceptors (Lipinski definition) is 3. The Bertz CT molecular complexity index is 658. The highest BCUT2D eigenvalue weighted by Gasteiger charge is 2.26. The highest BCUT2D eigenvalue weighted by molar-refractivity contribution is 7.89. The number of hydrogen-bond donors (Lipinski definition) is 2. The Labute approximate surface area is 128 Å². The normalized spacial score (nSPS) is 12.3. The summed E-state index contributed by atoms with van der Waals surface area (Å²) in [6.07, 6.45) is 1.31. The Balaban J connectivity index is 3.30. The maximum Gasteiger partial charge on any atom is 0.253 e. The molecule has 5 nitrogen and oxygen atoms in total. The third-order valence-electron chi connectivity index (χ3n) is 3.55. The van der Waals surface area contributed by atoms with Gasteiger partial charge >= 0.3 is 0 Å². The molecule has 0 atom stereocenters. The molecule has 0 aliphatic carbocycles. The number of carbonyl (C=O) groups is 1. The molecule has 0 radical (unpaired) electrons. The fourth-order valence-electron chi connectivity index (χ4n) is 1.66. The van der Waals surface area contributed by atoms with Gasteiger partial charge in [0.1, 0.15) is 5.82 Å². The van der Waals surface area contributed by atoms with Crippen LogP contribution >= 0.6 is 11.6 Å². The van der Waals surface area contributed by atoms with Crippen LogP contribution in [0.5, 0.6) is 0 Å². The summed E-state index contributed by atoms with van der Waals surface area (Å²) in [6.45, 7) is 5.62. The highest BCUT2D eigenvalue weighted by atomic mass is 35.5. The van der Waals surface area contributed by atoms with Gasteiger partial charge in [-0.25, -0.2) is 17.9 Å². The molecule has 1 aromatic rings. The van der Waals surface area contributed by atoms with Gasteiger partial charge in [-0.05, 0) is 31.9 Å². The van der Waals surface area contributed by atoms with Gasteiger partial charge in [0, 0.05) is 5.54 Å². The summed E-state index contributed by atoms with van der Waals surface area (Å²) < 4.78 is 36.3. The van der Waals surface area contributed by atoms with Crippen LogP contribution in [0.4, 0.5) is 4.39 Å². The molecule has 1 amide bonds. The van der Waals surface area contributed by atoms with Crippen molar-refractivity contribution in [1.29, 1.82) is 0 Å². The van der Waals surface area contributed by atoms with E-state index in [1.807, 2.05) is 20.8 Å². The van der Waals surface area contributed by atoms with Crippen molar-refractivity contribution < 1.29 is 17.6 Å². The van der Waals surface area contributed by atoms with E-state index in [-0.39, 0.29) is 5.56 Å². The predicted octanol–water partition coefficient (Wildman–Crippen LogP) is 2.43. The predicted molar refractivity (Wildman–Crippen MR) is 79.2 cm³/mol. The number of carbonyl (C=O) groups excluding carboxylic acids is 1. The van der Waals surface area contributed by atoms with E-state index in [1.165, 1.54) is 0 Å². The van der Waals surface area contributed by atoms with Gasteiger partial charge in [0.05, 0.1) is 15.5 Å². The smallest absolute Gasteiger partial charge is 0.253 e. The summed E-state index contributed by atoms with van der Waals surface area (Å²) in [7, 11) is -4.13. The van der Waals surface area contributed by atoms with Crippen LogP contribution in [-0.2, 0) is 10.0 Å². The third kappa shape index (κ3) is 4.15. The van der Waals surface area contributed by atoms with E-state index in [9.17, 15) is 17.6 Å². The summed E-state index contributed by atoms with van der Waals surface area (Å²) in [6, 6.07) is 1.66. The fraction of sp³-hybridized carbons (Fsp3) is 0.462. The average Bonchev–Trinajstić information content (AvgIpc) is 2.40. The first-order valence-corrected chi connectivity index (χ1v) is 8.31. The number of primary sulfonamides is 1. The number of halogens is 2. The van der Waals surface area contributed by atoms with Gasteiger partial charge < -0.3 is 5.32 Å². The lowest BCUT2D eigenvalue weighted by atomic mass is 9.95. The monoisotopic (exact) mass is 336 g/mol. The van der Waals surface area contributed by atoms with Crippen LogP contribution < -0.4 is 10.5 Å². The molecule has 1 rings (SSSR count). The molecule has 0 saturated carbocycles. The summed E-state index contributed by atoms with van der Waals surface area (Å²) in [4.78, 5) is 11.7. The molecular formula is C13H18ClFN2O3S. The molecule has 0 heterocycles. The van der Waals surface area contributed by atoms with Crippen LogP contribution in [0, 0.1) is 5.82 Å². The molecular weight excluding hydrogens is 319 g/mol. The van der Waals surface area contributed by atoms with Crippen molar-refractivity contribution in [3.8, 4) is 0 Å². The molecule has 3 N–H and O–H groups in total. The Morgan fingerprint density at radius 2 is 1.90 bits per heavy atom. The molecule has 118 valence electrons. The topological polar surface area (TPSA) is 89.3 Å². The molecule has 0 fully saturated rings. The molecule has 0 aliphatic rings.